The summed E-state index contributed by atoms with van der Waals surface area (Å²) in [4.78, 5) is 0. The van der Waals surface area contributed by atoms with Gasteiger partial charge in [-0.1, -0.05) is 27.2 Å². The van der Waals surface area contributed by atoms with Gasteiger partial charge in [-0.2, -0.15) is 13.2 Å². The first-order valence-corrected chi connectivity index (χ1v) is 5.20. The van der Waals surface area contributed by atoms with Crippen LogP contribution < -0.4 is 5.32 Å². The van der Waals surface area contributed by atoms with Crippen molar-refractivity contribution < 1.29 is 13.2 Å². The molecule has 14 heavy (non-hydrogen) atoms. The molecule has 0 aromatic carbocycles. The molecule has 0 heterocycles. The summed E-state index contributed by atoms with van der Waals surface area (Å²) >= 11 is 0. The van der Waals surface area contributed by atoms with Crippen molar-refractivity contribution in [2.45, 2.75) is 52.3 Å². The smallest absolute Gasteiger partial charge is 0.314 e. The SMILES string of the molecule is CCNC(CCC(F)(F)F)C(C)CC. The van der Waals surface area contributed by atoms with Gasteiger partial charge in [0.2, 0.25) is 0 Å². The molecular weight excluding hydrogens is 191 g/mol. The van der Waals surface area contributed by atoms with Gasteiger partial charge in [-0.05, 0) is 18.9 Å². The van der Waals surface area contributed by atoms with Crippen LogP contribution in [-0.4, -0.2) is 18.8 Å². The van der Waals surface area contributed by atoms with Gasteiger partial charge in [-0.3, -0.25) is 0 Å². The van der Waals surface area contributed by atoms with Gasteiger partial charge in [-0.25, -0.2) is 0 Å². The van der Waals surface area contributed by atoms with Crippen molar-refractivity contribution in [1.82, 2.24) is 5.32 Å². The van der Waals surface area contributed by atoms with Crippen LogP contribution in [0.15, 0.2) is 0 Å². The molecule has 0 radical (unpaired) electrons. The Labute approximate surface area is 84.1 Å². The first-order valence-electron chi connectivity index (χ1n) is 5.20. The van der Waals surface area contributed by atoms with Crippen molar-refractivity contribution in [2.75, 3.05) is 6.54 Å². The molecule has 0 fully saturated rings. The molecule has 0 saturated heterocycles. The third-order valence-electron chi connectivity index (χ3n) is 2.54. The van der Waals surface area contributed by atoms with Gasteiger partial charge >= 0.3 is 6.18 Å². The highest BCUT2D eigenvalue weighted by Gasteiger charge is 2.29. The zero-order valence-electron chi connectivity index (χ0n) is 9.12. The summed E-state index contributed by atoms with van der Waals surface area (Å²) in [5.41, 5.74) is 0. The van der Waals surface area contributed by atoms with E-state index in [1.54, 1.807) is 0 Å². The molecule has 0 saturated carbocycles. The minimum absolute atomic E-state index is 0.00775. The molecule has 2 unspecified atom stereocenters. The van der Waals surface area contributed by atoms with Gasteiger partial charge < -0.3 is 5.32 Å². The lowest BCUT2D eigenvalue weighted by Crippen LogP contribution is -2.35. The molecule has 1 N–H and O–H groups in total. The van der Waals surface area contributed by atoms with Crippen LogP contribution in [0.5, 0.6) is 0 Å². The molecule has 0 aliphatic rings. The Morgan fingerprint density at radius 2 is 1.79 bits per heavy atom. The van der Waals surface area contributed by atoms with E-state index in [-0.39, 0.29) is 12.5 Å². The molecule has 0 rings (SSSR count). The average Bonchev–Trinajstić information content (AvgIpc) is 2.09. The molecule has 0 aliphatic heterocycles. The first-order chi connectivity index (χ1) is 6.40. The van der Waals surface area contributed by atoms with Crippen LogP contribution in [0.2, 0.25) is 0 Å². The van der Waals surface area contributed by atoms with E-state index < -0.39 is 12.6 Å². The molecule has 0 bridgehead atoms. The number of hydrogen-bond donors (Lipinski definition) is 1. The fourth-order valence-corrected chi connectivity index (χ4v) is 1.45. The van der Waals surface area contributed by atoms with Crippen molar-refractivity contribution >= 4 is 0 Å². The van der Waals surface area contributed by atoms with Crippen LogP contribution in [0.1, 0.15) is 40.0 Å². The highest BCUT2D eigenvalue weighted by Crippen LogP contribution is 2.24. The molecule has 0 aromatic heterocycles. The predicted octanol–water partition coefficient (Wildman–Crippen LogP) is 3.35. The summed E-state index contributed by atoms with van der Waals surface area (Å²) in [6.45, 7) is 6.64. The second kappa shape index (κ2) is 6.27. The van der Waals surface area contributed by atoms with Crippen LogP contribution in [0.3, 0.4) is 0 Å². The second-order valence-corrected chi connectivity index (χ2v) is 3.70. The minimum Gasteiger partial charge on any atom is -0.314 e. The van der Waals surface area contributed by atoms with Crippen molar-refractivity contribution in [3.05, 3.63) is 0 Å². The normalized spacial score (nSPS) is 16.7. The topological polar surface area (TPSA) is 12.0 Å². The summed E-state index contributed by atoms with van der Waals surface area (Å²) in [5, 5.41) is 3.11. The Balaban J connectivity index is 3.96. The standard InChI is InChI=1S/C10H20F3N/c1-4-8(3)9(14-5-2)6-7-10(11,12)13/h8-9,14H,4-7H2,1-3H3. The van der Waals surface area contributed by atoms with Gasteiger partial charge in [-0.15, -0.1) is 0 Å². The third-order valence-corrected chi connectivity index (χ3v) is 2.54. The lowest BCUT2D eigenvalue weighted by Gasteiger charge is -2.24. The quantitative estimate of drug-likeness (QED) is 0.710. The van der Waals surface area contributed by atoms with Crippen molar-refractivity contribution in [3.63, 3.8) is 0 Å². The maximum atomic E-state index is 12.0. The molecule has 86 valence electrons. The third kappa shape index (κ3) is 6.24. The predicted molar refractivity (Wildman–Crippen MR) is 52.2 cm³/mol. The average molecular weight is 211 g/mol. The van der Waals surface area contributed by atoms with Crippen LogP contribution in [0, 0.1) is 5.92 Å². The van der Waals surface area contributed by atoms with Crippen LogP contribution >= 0.6 is 0 Å². The fraction of sp³-hybridized carbons (Fsp3) is 1.00. The molecule has 0 amide bonds. The molecular formula is C10H20F3N. The Bertz CT molecular complexity index is 145. The molecule has 4 heteroatoms. The zero-order valence-corrected chi connectivity index (χ0v) is 9.12. The monoisotopic (exact) mass is 211 g/mol. The first kappa shape index (κ1) is 13.8. The number of rotatable bonds is 6. The van der Waals surface area contributed by atoms with Crippen molar-refractivity contribution in [1.29, 1.82) is 0 Å². The van der Waals surface area contributed by atoms with E-state index >= 15 is 0 Å². The molecule has 0 aromatic rings. The Morgan fingerprint density at radius 3 is 2.14 bits per heavy atom. The lowest BCUT2D eigenvalue weighted by molar-refractivity contribution is -0.137. The Morgan fingerprint density at radius 1 is 1.21 bits per heavy atom. The van der Waals surface area contributed by atoms with Crippen LogP contribution in [-0.2, 0) is 0 Å². The minimum atomic E-state index is -4.03. The summed E-state index contributed by atoms with van der Waals surface area (Å²) < 4.78 is 36.0. The molecule has 0 aliphatic carbocycles. The molecule has 1 nitrogen and oxygen atoms in total. The number of nitrogens with one attached hydrogen (secondary N) is 1. The maximum absolute atomic E-state index is 12.0. The van der Waals surface area contributed by atoms with E-state index in [0.29, 0.717) is 5.92 Å². The van der Waals surface area contributed by atoms with E-state index in [9.17, 15) is 13.2 Å². The highest BCUT2D eigenvalue weighted by molar-refractivity contribution is 4.73. The fourth-order valence-electron chi connectivity index (χ4n) is 1.45. The summed E-state index contributed by atoms with van der Waals surface area (Å²) in [5.74, 6) is 0.303. The molecule has 0 spiro atoms. The number of alkyl halides is 3. The van der Waals surface area contributed by atoms with Crippen LogP contribution in [0.25, 0.3) is 0 Å². The highest BCUT2D eigenvalue weighted by atomic mass is 19.4. The Hall–Kier alpha value is -0.250. The molecule has 2 atom stereocenters. The second-order valence-electron chi connectivity index (χ2n) is 3.70. The van der Waals surface area contributed by atoms with E-state index in [4.69, 9.17) is 0 Å². The van der Waals surface area contributed by atoms with E-state index in [0.717, 1.165) is 13.0 Å². The van der Waals surface area contributed by atoms with Gasteiger partial charge in [0, 0.05) is 12.5 Å². The van der Waals surface area contributed by atoms with Crippen LogP contribution in [0.4, 0.5) is 13.2 Å². The van der Waals surface area contributed by atoms with Crippen molar-refractivity contribution in [3.8, 4) is 0 Å². The number of hydrogen-bond acceptors (Lipinski definition) is 1. The van der Waals surface area contributed by atoms with Crippen molar-refractivity contribution in [2.24, 2.45) is 5.92 Å². The van der Waals surface area contributed by atoms with Gasteiger partial charge in [0.05, 0.1) is 0 Å². The summed E-state index contributed by atoms with van der Waals surface area (Å²) in [6, 6.07) is -0.00775. The van der Waals surface area contributed by atoms with E-state index in [1.807, 2.05) is 20.8 Å². The maximum Gasteiger partial charge on any atom is 0.389 e. The zero-order chi connectivity index (χ0) is 11.2. The van der Waals surface area contributed by atoms with Gasteiger partial charge in [0.15, 0.2) is 0 Å². The largest absolute Gasteiger partial charge is 0.389 e. The summed E-state index contributed by atoms with van der Waals surface area (Å²) in [6.07, 6.45) is -3.61. The number of halogens is 3. The van der Waals surface area contributed by atoms with Gasteiger partial charge in [0.1, 0.15) is 0 Å². The van der Waals surface area contributed by atoms with Gasteiger partial charge in [0.25, 0.3) is 0 Å². The Kier molecular flexibility index (Phi) is 6.16. The van der Waals surface area contributed by atoms with E-state index in [2.05, 4.69) is 5.32 Å². The van der Waals surface area contributed by atoms with E-state index in [1.165, 1.54) is 0 Å². The lowest BCUT2D eigenvalue weighted by atomic mass is 9.95. The summed E-state index contributed by atoms with van der Waals surface area (Å²) in [7, 11) is 0.